The van der Waals surface area contributed by atoms with Gasteiger partial charge >= 0.3 is 17.9 Å². The van der Waals surface area contributed by atoms with Gasteiger partial charge in [-0.2, -0.15) is 0 Å². The molecule has 0 amide bonds. The molecule has 8 heteroatoms. The third kappa shape index (κ3) is 4.76. The summed E-state index contributed by atoms with van der Waals surface area (Å²) >= 11 is 0. The summed E-state index contributed by atoms with van der Waals surface area (Å²) < 4.78 is 27.3. The predicted octanol–water partition coefficient (Wildman–Crippen LogP) is 2.47. The van der Waals surface area contributed by atoms with E-state index in [1.165, 1.54) is 31.2 Å². The Labute approximate surface area is 179 Å². The van der Waals surface area contributed by atoms with Gasteiger partial charge < -0.3 is 23.7 Å². The van der Waals surface area contributed by atoms with Gasteiger partial charge in [0.1, 0.15) is 18.0 Å². The predicted molar refractivity (Wildman–Crippen MR) is 107 cm³/mol. The molecule has 2 saturated heterocycles. The highest BCUT2D eigenvalue weighted by Crippen LogP contribution is 2.31. The van der Waals surface area contributed by atoms with E-state index in [4.69, 9.17) is 23.7 Å². The van der Waals surface area contributed by atoms with Crippen molar-refractivity contribution in [2.45, 2.75) is 38.3 Å². The molecular weight excluding hydrogens is 404 g/mol. The number of carbonyl (C=O) groups excluding carboxylic acids is 3. The number of fused-ring (bicyclic) bond motifs is 1. The third-order valence-electron chi connectivity index (χ3n) is 5.13. The summed E-state index contributed by atoms with van der Waals surface area (Å²) in [6, 6.07) is 13.1. The second-order valence-electron chi connectivity index (χ2n) is 7.47. The van der Waals surface area contributed by atoms with Gasteiger partial charge in [-0.15, -0.1) is 0 Å². The van der Waals surface area contributed by atoms with E-state index in [0.717, 1.165) is 5.56 Å². The van der Waals surface area contributed by atoms with Crippen molar-refractivity contribution >= 4 is 17.9 Å². The smallest absolute Gasteiger partial charge is 0.343 e. The Kier molecular flexibility index (Phi) is 6.01. The second-order valence-corrected chi connectivity index (χ2v) is 7.47. The van der Waals surface area contributed by atoms with Crippen molar-refractivity contribution in [1.82, 2.24) is 0 Å². The topological polar surface area (TPSA) is 97.4 Å². The van der Waals surface area contributed by atoms with Crippen molar-refractivity contribution in [1.29, 1.82) is 0 Å². The van der Waals surface area contributed by atoms with Crippen LogP contribution in [0.15, 0.2) is 48.5 Å². The average Bonchev–Trinajstić information content (AvgIpc) is 3.32. The van der Waals surface area contributed by atoms with Crippen LogP contribution in [0.1, 0.15) is 33.2 Å². The van der Waals surface area contributed by atoms with E-state index >= 15 is 0 Å². The van der Waals surface area contributed by atoms with Crippen LogP contribution < -0.4 is 4.74 Å². The molecule has 0 bridgehead atoms. The zero-order valence-electron chi connectivity index (χ0n) is 17.1. The molecular formula is C23H22O8. The Morgan fingerprint density at radius 1 is 0.774 bits per heavy atom. The number of rotatable bonds is 5. The molecule has 0 radical (unpaired) electrons. The Morgan fingerprint density at radius 3 is 1.87 bits per heavy atom. The summed E-state index contributed by atoms with van der Waals surface area (Å²) in [4.78, 5) is 35.9. The van der Waals surface area contributed by atoms with Gasteiger partial charge in [-0.1, -0.05) is 17.7 Å². The molecule has 2 aliphatic heterocycles. The van der Waals surface area contributed by atoms with E-state index in [1.807, 2.05) is 19.1 Å². The van der Waals surface area contributed by atoms with Crippen molar-refractivity contribution in [3.8, 4) is 5.75 Å². The first-order valence-corrected chi connectivity index (χ1v) is 9.91. The molecule has 0 saturated carbocycles. The largest absolute Gasteiger partial charge is 0.457 e. The van der Waals surface area contributed by atoms with Crippen molar-refractivity contribution in [2.75, 3.05) is 13.2 Å². The third-order valence-corrected chi connectivity index (χ3v) is 5.13. The van der Waals surface area contributed by atoms with E-state index < -0.39 is 42.3 Å². The van der Waals surface area contributed by atoms with Crippen LogP contribution in [0.3, 0.4) is 0 Å². The zero-order valence-corrected chi connectivity index (χ0v) is 17.1. The minimum absolute atomic E-state index is 0.158. The first kappa shape index (κ1) is 21.0. The molecule has 8 nitrogen and oxygen atoms in total. The van der Waals surface area contributed by atoms with Gasteiger partial charge in [-0.05, 0) is 43.3 Å². The van der Waals surface area contributed by atoms with Gasteiger partial charge in [0.25, 0.3) is 0 Å². The summed E-state index contributed by atoms with van der Waals surface area (Å²) in [7, 11) is 0. The zero-order chi connectivity index (χ0) is 22.0. The number of benzene rings is 2. The second kappa shape index (κ2) is 8.87. The Bertz CT molecular complexity index is 966. The molecule has 0 N–H and O–H groups in total. The quantitative estimate of drug-likeness (QED) is 0.531. The number of aryl methyl sites for hydroxylation is 1. The van der Waals surface area contributed by atoms with Crippen LogP contribution in [0.25, 0.3) is 0 Å². The summed E-state index contributed by atoms with van der Waals surface area (Å²) in [6.07, 6.45) is -2.04. The maximum atomic E-state index is 12.5. The SMILES string of the molecule is CC(=O)OC1COC2C1OC[C@@H]2OC(=O)c1ccc(OC(=O)c2ccc(C)cc2)cc1. The molecule has 0 aliphatic carbocycles. The maximum absolute atomic E-state index is 12.5. The number of carbonyl (C=O) groups is 3. The molecule has 3 unspecified atom stereocenters. The molecule has 162 valence electrons. The van der Waals surface area contributed by atoms with Crippen LogP contribution in [-0.2, 0) is 23.7 Å². The number of esters is 3. The first-order chi connectivity index (χ1) is 14.9. The molecule has 4 rings (SSSR count). The standard InChI is InChI=1S/C23H22O8/c1-13-3-5-15(6-4-13)22(25)30-17-9-7-16(8-10-17)23(26)31-19-12-28-20-18(29-14(2)24)11-27-21(19)20/h3-10,18-21H,11-12H2,1-2H3/t18?,19-,20?,21?/m0/s1. The van der Waals surface area contributed by atoms with Crippen LogP contribution in [0.2, 0.25) is 0 Å². The Morgan fingerprint density at radius 2 is 1.29 bits per heavy atom. The lowest BCUT2D eigenvalue weighted by atomic mass is 10.1. The van der Waals surface area contributed by atoms with E-state index in [1.54, 1.807) is 12.1 Å². The van der Waals surface area contributed by atoms with Crippen LogP contribution in [0.4, 0.5) is 0 Å². The molecule has 2 aromatic carbocycles. The summed E-state index contributed by atoms with van der Waals surface area (Å²) in [5.74, 6) is -1.13. The van der Waals surface area contributed by atoms with Crippen LogP contribution in [-0.4, -0.2) is 55.5 Å². The lowest BCUT2D eigenvalue weighted by Gasteiger charge is -2.17. The molecule has 0 aromatic heterocycles. The Hall–Kier alpha value is -3.23. The lowest BCUT2D eigenvalue weighted by Crippen LogP contribution is -2.35. The van der Waals surface area contributed by atoms with Crippen LogP contribution in [0, 0.1) is 6.92 Å². The molecule has 2 aliphatic rings. The molecule has 2 fully saturated rings. The molecule has 4 atom stereocenters. The van der Waals surface area contributed by atoms with Crippen LogP contribution in [0.5, 0.6) is 5.75 Å². The van der Waals surface area contributed by atoms with E-state index in [0.29, 0.717) is 16.9 Å². The fourth-order valence-corrected chi connectivity index (χ4v) is 3.56. The van der Waals surface area contributed by atoms with E-state index in [2.05, 4.69) is 0 Å². The first-order valence-electron chi connectivity index (χ1n) is 9.91. The highest BCUT2D eigenvalue weighted by atomic mass is 16.7. The Balaban J connectivity index is 1.33. The van der Waals surface area contributed by atoms with Gasteiger partial charge in [0.15, 0.2) is 12.2 Å². The summed E-state index contributed by atoms with van der Waals surface area (Å²) in [6.45, 7) is 3.61. The normalized spacial score (nSPS) is 24.3. The summed E-state index contributed by atoms with van der Waals surface area (Å²) in [5.41, 5.74) is 1.78. The molecule has 31 heavy (non-hydrogen) atoms. The van der Waals surface area contributed by atoms with Gasteiger partial charge in [0.05, 0.1) is 24.3 Å². The number of hydrogen-bond acceptors (Lipinski definition) is 8. The fourth-order valence-electron chi connectivity index (χ4n) is 3.56. The molecule has 2 aromatic rings. The monoisotopic (exact) mass is 426 g/mol. The number of ether oxygens (including phenoxy) is 5. The average molecular weight is 426 g/mol. The van der Waals surface area contributed by atoms with Gasteiger partial charge in [0.2, 0.25) is 0 Å². The van der Waals surface area contributed by atoms with Gasteiger partial charge in [0, 0.05) is 6.92 Å². The highest BCUT2D eigenvalue weighted by Gasteiger charge is 2.51. The van der Waals surface area contributed by atoms with Crippen LogP contribution >= 0.6 is 0 Å². The minimum atomic E-state index is -0.600. The summed E-state index contributed by atoms with van der Waals surface area (Å²) in [5, 5.41) is 0. The van der Waals surface area contributed by atoms with Crippen molar-refractivity contribution < 1.29 is 38.1 Å². The van der Waals surface area contributed by atoms with Gasteiger partial charge in [-0.25, -0.2) is 9.59 Å². The van der Waals surface area contributed by atoms with Crippen molar-refractivity contribution in [2.24, 2.45) is 0 Å². The van der Waals surface area contributed by atoms with E-state index in [-0.39, 0.29) is 13.2 Å². The van der Waals surface area contributed by atoms with Crippen molar-refractivity contribution in [3.05, 3.63) is 65.2 Å². The number of hydrogen-bond donors (Lipinski definition) is 0. The molecule has 0 spiro atoms. The lowest BCUT2D eigenvalue weighted by molar-refractivity contribution is -0.151. The van der Waals surface area contributed by atoms with E-state index in [9.17, 15) is 14.4 Å². The molecule has 2 heterocycles. The van der Waals surface area contributed by atoms with Crippen molar-refractivity contribution in [3.63, 3.8) is 0 Å². The fraction of sp³-hybridized carbons (Fsp3) is 0.348. The highest BCUT2D eigenvalue weighted by molar-refractivity contribution is 5.92. The maximum Gasteiger partial charge on any atom is 0.343 e. The van der Waals surface area contributed by atoms with Gasteiger partial charge in [-0.3, -0.25) is 4.79 Å². The minimum Gasteiger partial charge on any atom is -0.457 e.